The van der Waals surface area contributed by atoms with Gasteiger partial charge in [0.1, 0.15) is 5.75 Å². The Morgan fingerprint density at radius 2 is 1.50 bits per heavy atom. The van der Waals surface area contributed by atoms with E-state index in [9.17, 15) is 0 Å². The first kappa shape index (κ1) is 13.0. The van der Waals surface area contributed by atoms with Crippen molar-refractivity contribution in [3.63, 3.8) is 0 Å². The molecule has 1 saturated carbocycles. The summed E-state index contributed by atoms with van der Waals surface area (Å²) in [5.74, 6) is 0.384. The summed E-state index contributed by atoms with van der Waals surface area (Å²) in [4.78, 5) is 0. The van der Waals surface area contributed by atoms with Crippen molar-refractivity contribution >= 4 is 0 Å². The number of phenolic OH excluding ortho intramolecular Hbond substituents is 1. The van der Waals surface area contributed by atoms with Crippen LogP contribution in [0.3, 0.4) is 0 Å². The van der Waals surface area contributed by atoms with E-state index in [0.717, 1.165) is 11.1 Å². The molecule has 0 amide bonds. The van der Waals surface area contributed by atoms with Crippen LogP contribution in [-0.2, 0) is 0 Å². The van der Waals surface area contributed by atoms with E-state index in [2.05, 4.69) is 0 Å². The van der Waals surface area contributed by atoms with Crippen LogP contribution in [0.1, 0.15) is 44.2 Å². The van der Waals surface area contributed by atoms with Gasteiger partial charge in [-0.15, -0.1) is 0 Å². The van der Waals surface area contributed by atoms with Crippen molar-refractivity contribution in [2.24, 2.45) is 0 Å². The predicted octanol–water partition coefficient (Wildman–Crippen LogP) is 4.21. The van der Waals surface area contributed by atoms with Crippen LogP contribution in [0.25, 0.3) is 0 Å². The van der Waals surface area contributed by atoms with Gasteiger partial charge in [0, 0.05) is 0 Å². The topological polar surface area (TPSA) is 20.2 Å². The van der Waals surface area contributed by atoms with Crippen LogP contribution >= 0.6 is 0 Å². The summed E-state index contributed by atoms with van der Waals surface area (Å²) in [6.45, 7) is 7.84. The van der Waals surface area contributed by atoms with Gasteiger partial charge in [0.05, 0.1) is 0 Å². The normalized spacial score (nSPS) is 11.7. The van der Waals surface area contributed by atoms with Crippen molar-refractivity contribution in [1.82, 2.24) is 0 Å². The Kier molecular flexibility index (Phi) is 6.91. The molecule has 0 aromatic heterocycles. The average Bonchev–Trinajstić information content (AvgIpc) is 3.02. The minimum atomic E-state index is 0.384. The number of benzene rings is 1. The molecule has 1 aliphatic rings. The van der Waals surface area contributed by atoms with Crippen LogP contribution < -0.4 is 0 Å². The van der Waals surface area contributed by atoms with Crippen molar-refractivity contribution in [2.45, 2.75) is 47.0 Å². The standard InChI is InChI=1S/C8H10O.C3H6.C2H6/c1-6-3-4-7(2)8(9)5-6;1-2-3-1;1-2/h3-5,9H,1-2H3;1-3H2;1-2H3. The molecule has 2 rings (SSSR count). The lowest BCUT2D eigenvalue weighted by Crippen LogP contribution is -1.74. The highest BCUT2D eigenvalue weighted by Crippen LogP contribution is 2.16. The van der Waals surface area contributed by atoms with Crippen molar-refractivity contribution in [2.75, 3.05) is 0 Å². The highest BCUT2D eigenvalue weighted by atomic mass is 16.3. The first-order chi connectivity index (χ1) is 6.70. The lowest BCUT2D eigenvalue weighted by atomic mass is 10.1. The van der Waals surface area contributed by atoms with Crippen molar-refractivity contribution < 1.29 is 5.11 Å². The molecule has 80 valence electrons. The van der Waals surface area contributed by atoms with Crippen LogP contribution in [-0.4, -0.2) is 5.11 Å². The van der Waals surface area contributed by atoms with Crippen LogP contribution in [0, 0.1) is 13.8 Å². The zero-order chi connectivity index (χ0) is 11.0. The summed E-state index contributed by atoms with van der Waals surface area (Å²) in [5.41, 5.74) is 2.03. The highest BCUT2D eigenvalue weighted by Gasteiger charge is 1.95. The molecule has 1 nitrogen and oxygen atoms in total. The van der Waals surface area contributed by atoms with E-state index in [1.165, 1.54) is 19.3 Å². The van der Waals surface area contributed by atoms with Crippen LogP contribution in [0.4, 0.5) is 0 Å². The lowest BCUT2D eigenvalue weighted by Gasteiger charge is -1.97. The fraction of sp³-hybridized carbons (Fsp3) is 0.538. The molecule has 0 unspecified atom stereocenters. The molecular formula is C13H22O. The highest BCUT2D eigenvalue weighted by molar-refractivity contribution is 5.34. The Hall–Kier alpha value is -0.980. The summed E-state index contributed by atoms with van der Waals surface area (Å²) >= 11 is 0. The van der Waals surface area contributed by atoms with Gasteiger partial charge < -0.3 is 5.11 Å². The molecule has 0 atom stereocenters. The second kappa shape index (κ2) is 7.43. The fourth-order valence-electron chi connectivity index (χ4n) is 0.719. The lowest BCUT2D eigenvalue weighted by molar-refractivity contribution is 0.470. The third kappa shape index (κ3) is 6.53. The summed E-state index contributed by atoms with van der Waals surface area (Å²) in [7, 11) is 0. The molecule has 1 N–H and O–H groups in total. The Morgan fingerprint density at radius 1 is 1.00 bits per heavy atom. The SMILES string of the molecule is C1CC1.CC.Cc1ccc(C)c(O)c1. The third-order valence-electron chi connectivity index (χ3n) is 1.72. The van der Waals surface area contributed by atoms with E-state index in [1.807, 2.05) is 39.8 Å². The molecule has 0 aliphatic heterocycles. The van der Waals surface area contributed by atoms with E-state index < -0.39 is 0 Å². The van der Waals surface area contributed by atoms with Crippen LogP contribution in [0.15, 0.2) is 18.2 Å². The molecular weight excluding hydrogens is 172 g/mol. The summed E-state index contributed by atoms with van der Waals surface area (Å²) in [6.07, 6.45) is 4.50. The maximum Gasteiger partial charge on any atom is 0.118 e. The average molecular weight is 194 g/mol. The molecule has 0 saturated heterocycles. The van der Waals surface area contributed by atoms with Gasteiger partial charge in [-0.05, 0) is 31.0 Å². The van der Waals surface area contributed by atoms with Gasteiger partial charge in [0.15, 0.2) is 0 Å². The summed E-state index contributed by atoms with van der Waals surface area (Å²) in [5, 5.41) is 9.10. The number of rotatable bonds is 0. The molecule has 1 heteroatoms. The molecule has 0 bridgehead atoms. The molecule has 0 radical (unpaired) electrons. The Bertz CT molecular complexity index is 249. The molecule has 1 fully saturated rings. The maximum absolute atomic E-state index is 9.10. The van der Waals surface area contributed by atoms with Gasteiger partial charge in [-0.25, -0.2) is 0 Å². The van der Waals surface area contributed by atoms with Crippen molar-refractivity contribution in [3.05, 3.63) is 29.3 Å². The monoisotopic (exact) mass is 194 g/mol. The Labute approximate surface area is 87.8 Å². The van der Waals surface area contributed by atoms with Gasteiger partial charge in [0.25, 0.3) is 0 Å². The van der Waals surface area contributed by atoms with Gasteiger partial charge >= 0.3 is 0 Å². The number of phenols is 1. The van der Waals surface area contributed by atoms with Crippen LogP contribution in [0.2, 0.25) is 0 Å². The maximum atomic E-state index is 9.10. The summed E-state index contributed by atoms with van der Waals surface area (Å²) < 4.78 is 0. The van der Waals surface area contributed by atoms with E-state index in [4.69, 9.17) is 5.11 Å². The Morgan fingerprint density at radius 3 is 1.79 bits per heavy atom. The quantitative estimate of drug-likeness (QED) is 0.656. The number of hydrogen-bond acceptors (Lipinski definition) is 1. The van der Waals surface area contributed by atoms with Gasteiger partial charge in [0.2, 0.25) is 0 Å². The third-order valence-corrected chi connectivity index (χ3v) is 1.72. The van der Waals surface area contributed by atoms with E-state index in [-0.39, 0.29) is 0 Å². The minimum absolute atomic E-state index is 0.384. The molecule has 1 aromatic rings. The second-order valence-corrected chi connectivity index (χ2v) is 3.35. The second-order valence-electron chi connectivity index (χ2n) is 3.35. The zero-order valence-corrected chi connectivity index (χ0v) is 9.80. The van der Waals surface area contributed by atoms with E-state index in [1.54, 1.807) is 6.07 Å². The first-order valence-corrected chi connectivity index (χ1v) is 5.46. The van der Waals surface area contributed by atoms with E-state index in [0.29, 0.717) is 5.75 Å². The fourth-order valence-corrected chi connectivity index (χ4v) is 0.719. The number of aromatic hydroxyl groups is 1. The largest absolute Gasteiger partial charge is 0.508 e. The first-order valence-electron chi connectivity index (χ1n) is 5.46. The smallest absolute Gasteiger partial charge is 0.118 e. The van der Waals surface area contributed by atoms with Gasteiger partial charge in [-0.3, -0.25) is 0 Å². The van der Waals surface area contributed by atoms with Crippen molar-refractivity contribution in [3.8, 4) is 5.75 Å². The zero-order valence-electron chi connectivity index (χ0n) is 9.80. The minimum Gasteiger partial charge on any atom is -0.508 e. The van der Waals surface area contributed by atoms with Crippen LogP contribution in [0.5, 0.6) is 5.75 Å². The molecule has 0 heterocycles. The predicted molar refractivity (Wildman–Crippen MR) is 62.8 cm³/mol. The summed E-state index contributed by atoms with van der Waals surface area (Å²) in [6, 6.07) is 5.65. The number of hydrogen-bond donors (Lipinski definition) is 1. The molecule has 0 spiro atoms. The van der Waals surface area contributed by atoms with Crippen molar-refractivity contribution in [1.29, 1.82) is 0 Å². The Balaban J connectivity index is 0.000000280. The van der Waals surface area contributed by atoms with E-state index >= 15 is 0 Å². The molecule has 1 aromatic carbocycles. The van der Waals surface area contributed by atoms with Gasteiger partial charge in [-0.1, -0.05) is 45.2 Å². The molecule has 14 heavy (non-hydrogen) atoms. The molecule has 1 aliphatic carbocycles. The van der Waals surface area contributed by atoms with Gasteiger partial charge in [-0.2, -0.15) is 0 Å². The number of aryl methyl sites for hydroxylation is 2.